The molecule has 1 aromatic rings. The van der Waals surface area contributed by atoms with Crippen molar-refractivity contribution in [3.8, 4) is 0 Å². The predicted molar refractivity (Wildman–Crippen MR) is 69.6 cm³/mol. The van der Waals surface area contributed by atoms with Crippen LogP contribution in [0.2, 0.25) is 0 Å². The summed E-state index contributed by atoms with van der Waals surface area (Å²) in [7, 11) is 0. The Morgan fingerprint density at radius 3 is 3.00 bits per heavy atom. The Labute approximate surface area is 103 Å². The summed E-state index contributed by atoms with van der Waals surface area (Å²) < 4.78 is 0. The van der Waals surface area contributed by atoms with Crippen LogP contribution in [-0.2, 0) is 11.8 Å². The van der Waals surface area contributed by atoms with E-state index in [9.17, 15) is 0 Å². The largest absolute Gasteiger partial charge is 0.354 e. The number of rotatable bonds is 1. The minimum atomic E-state index is 0.282. The minimum absolute atomic E-state index is 0.282. The fourth-order valence-electron chi connectivity index (χ4n) is 3.03. The van der Waals surface area contributed by atoms with Crippen molar-refractivity contribution in [1.82, 2.24) is 15.5 Å². The standard InChI is InChI=1S/C13H22N4/c1-13(2)5-4-10-11(13)15-16-12(10)17-8-3-6-14-7-9-17/h14H,3-9H2,1-2H3,(H,15,16). The Kier molecular flexibility index (Phi) is 2.62. The second kappa shape index (κ2) is 4.02. The Morgan fingerprint density at radius 2 is 2.12 bits per heavy atom. The van der Waals surface area contributed by atoms with Crippen molar-refractivity contribution in [2.24, 2.45) is 0 Å². The molecule has 2 aliphatic rings. The van der Waals surface area contributed by atoms with Gasteiger partial charge >= 0.3 is 0 Å². The lowest BCUT2D eigenvalue weighted by Gasteiger charge is -2.20. The number of aromatic amines is 1. The zero-order valence-corrected chi connectivity index (χ0v) is 10.8. The molecule has 2 N–H and O–H groups in total. The third kappa shape index (κ3) is 1.84. The first-order valence-electron chi connectivity index (χ1n) is 6.72. The summed E-state index contributed by atoms with van der Waals surface area (Å²) in [5.41, 5.74) is 3.12. The summed E-state index contributed by atoms with van der Waals surface area (Å²) >= 11 is 0. The molecule has 1 aromatic heterocycles. The number of anilines is 1. The lowest BCUT2D eigenvalue weighted by molar-refractivity contribution is 0.504. The van der Waals surface area contributed by atoms with Gasteiger partial charge in [0, 0.05) is 36.3 Å². The van der Waals surface area contributed by atoms with E-state index in [1.807, 2.05) is 0 Å². The van der Waals surface area contributed by atoms with Crippen LogP contribution in [0.25, 0.3) is 0 Å². The van der Waals surface area contributed by atoms with Crippen molar-refractivity contribution in [3.63, 3.8) is 0 Å². The zero-order valence-electron chi connectivity index (χ0n) is 10.8. The van der Waals surface area contributed by atoms with Gasteiger partial charge in [-0.05, 0) is 25.8 Å². The van der Waals surface area contributed by atoms with E-state index in [4.69, 9.17) is 0 Å². The van der Waals surface area contributed by atoms with Gasteiger partial charge in [-0.15, -0.1) is 0 Å². The van der Waals surface area contributed by atoms with Gasteiger partial charge in [0.15, 0.2) is 5.82 Å². The lowest BCUT2D eigenvalue weighted by atomic mass is 9.91. The molecule has 4 nitrogen and oxygen atoms in total. The normalized spacial score (nSPS) is 23.5. The molecule has 0 spiro atoms. The van der Waals surface area contributed by atoms with E-state index in [2.05, 4.69) is 34.3 Å². The van der Waals surface area contributed by atoms with Crippen molar-refractivity contribution >= 4 is 5.82 Å². The summed E-state index contributed by atoms with van der Waals surface area (Å²) in [5.74, 6) is 1.22. The predicted octanol–water partition coefficient (Wildman–Crippen LogP) is 1.43. The molecule has 17 heavy (non-hydrogen) atoms. The number of H-pyrrole nitrogens is 1. The van der Waals surface area contributed by atoms with E-state index in [0.29, 0.717) is 0 Å². The van der Waals surface area contributed by atoms with Crippen LogP contribution in [0.3, 0.4) is 0 Å². The van der Waals surface area contributed by atoms with Gasteiger partial charge in [0.1, 0.15) is 0 Å². The van der Waals surface area contributed by atoms with Crippen molar-refractivity contribution in [2.75, 3.05) is 31.1 Å². The van der Waals surface area contributed by atoms with Gasteiger partial charge in [-0.1, -0.05) is 13.8 Å². The van der Waals surface area contributed by atoms with Crippen molar-refractivity contribution < 1.29 is 0 Å². The minimum Gasteiger partial charge on any atom is -0.354 e. The molecular weight excluding hydrogens is 212 g/mol. The topological polar surface area (TPSA) is 44.0 Å². The molecule has 0 amide bonds. The van der Waals surface area contributed by atoms with E-state index in [1.165, 1.54) is 36.3 Å². The Hall–Kier alpha value is -1.03. The van der Waals surface area contributed by atoms with Crippen molar-refractivity contribution in [1.29, 1.82) is 0 Å². The van der Waals surface area contributed by atoms with E-state index >= 15 is 0 Å². The maximum absolute atomic E-state index is 4.57. The molecule has 0 radical (unpaired) electrons. The van der Waals surface area contributed by atoms with Crippen molar-refractivity contribution in [2.45, 2.75) is 38.5 Å². The summed E-state index contributed by atoms with van der Waals surface area (Å²) in [6.07, 6.45) is 3.64. The highest BCUT2D eigenvalue weighted by Gasteiger charge is 2.35. The average Bonchev–Trinajstić information content (AvgIpc) is 2.71. The molecule has 0 saturated carbocycles. The number of hydrogen-bond acceptors (Lipinski definition) is 3. The Bertz CT molecular complexity index is 400. The van der Waals surface area contributed by atoms with Crippen LogP contribution in [0.15, 0.2) is 0 Å². The SMILES string of the molecule is CC1(C)CCc2c(N3CCCNCC3)n[nH]c21. The number of aromatic nitrogens is 2. The van der Waals surface area contributed by atoms with E-state index < -0.39 is 0 Å². The van der Waals surface area contributed by atoms with Gasteiger partial charge in [-0.25, -0.2) is 0 Å². The van der Waals surface area contributed by atoms with Gasteiger partial charge < -0.3 is 10.2 Å². The molecule has 1 aliphatic heterocycles. The third-order valence-corrected chi connectivity index (χ3v) is 4.16. The fourth-order valence-corrected chi connectivity index (χ4v) is 3.03. The molecule has 0 bridgehead atoms. The van der Waals surface area contributed by atoms with Gasteiger partial charge in [-0.3, -0.25) is 5.10 Å². The average molecular weight is 234 g/mol. The molecule has 3 rings (SSSR count). The van der Waals surface area contributed by atoms with Crippen LogP contribution in [0.1, 0.15) is 37.9 Å². The van der Waals surface area contributed by atoms with E-state index in [1.54, 1.807) is 0 Å². The highest BCUT2D eigenvalue weighted by Crippen LogP contribution is 2.40. The van der Waals surface area contributed by atoms with Crippen molar-refractivity contribution in [3.05, 3.63) is 11.3 Å². The number of nitrogens with zero attached hydrogens (tertiary/aromatic N) is 2. The maximum atomic E-state index is 4.57. The van der Waals surface area contributed by atoms with Crippen LogP contribution in [0.5, 0.6) is 0 Å². The number of nitrogens with one attached hydrogen (secondary N) is 2. The smallest absolute Gasteiger partial charge is 0.153 e. The fraction of sp³-hybridized carbons (Fsp3) is 0.769. The molecule has 1 fully saturated rings. The maximum Gasteiger partial charge on any atom is 0.153 e. The Morgan fingerprint density at radius 1 is 1.24 bits per heavy atom. The zero-order chi connectivity index (χ0) is 11.9. The second-order valence-electron chi connectivity index (χ2n) is 5.88. The summed E-state index contributed by atoms with van der Waals surface area (Å²) in [4.78, 5) is 2.44. The quantitative estimate of drug-likeness (QED) is 0.772. The number of fused-ring (bicyclic) bond motifs is 1. The molecule has 0 unspecified atom stereocenters. The van der Waals surface area contributed by atoms with E-state index in [-0.39, 0.29) is 5.41 Å². The second-order valence-corrected chi connectivity index (χ2v) is 5.88. The lowest BCUT2D eigenvalue weighted by Crippen LogP contribution is -2.28. The van der Waals surface area contributed by atoms with Crippen LogP contribution >= 0.6 is 0 Å². The first-order chi connectivity index (χ1) is 8.18. The highest BCUT2D eigenvalue weighted by molar-refractivity contribution is 5.53. The molecule has 94 valence electrons. The third-order valence-electron chi connectivity index (χ3n) is 4.16. The molecule has 2 heterocycles. The molecule has 0 aromatic carbocycles. The van der Waals surface area contributed by atoms with E-state index in [0.717, 1.165) is 26.2 Å². The first kappa shape index (κ1) is 11.1. The Balaban J connectivity index is 1.89. The van der Waals surface area contributed by atoms with Gasteiger partial charge in [0.25, 0.3) is 0 Å². The van der Waals surface area contributed by atoms with Crippen LogP contribution in [0.4, 0.5) is 5.82 Å². The number of hydrogen-bond donors (Lipinski definition) is 2. The molecule has 0 atom stereocenters. The van der Waals surface area contributed by atoms with Gasteiger partial charge in [0.2, 0.25) is 0 Å². The molecule has 1 saturated heterocycles. The monoisotopic (exact) mass is 234 g/mol. The van der Waals surface area contributed by atoms with Gasteiger partial charge in [-0.2, -0.15) is 5.10 Å². The van der Waals surface area contributed by atoms with Crippen LogP contribution < -0.4 is 10.2 Å². The summed E-state index contributed by atoms with van der Waals surface area (Å²) in [6.45, 7) is 9.04. The summed E-state index contributed by atoms with van der Waals surface area (Å²) in [5, 5.41) is 11.3. The van der Waals surface area contributed by atoms with Gasteiger partial charge in [0.05, 0.1) is 0 Å². The van der Waals surface area contributed by atoms with Crippen LogP contribution in [-0.4, -0.2) is 36.4 Å². The first-order valence-corrected chi connectivity index (χ1v) is 6.72. The molecule has 1 aliphatic carbocycles. The van der Waals surface area contributed by atoms with Crippen LogP contribution in [0, 0.1) is 0 Å². The molecular formula is C13H22N4. The highest BCUT2D eigenvalue weighted by atomic mass is 15.3. The summed E-state index contributed by atoms with van der Waals surface area (Å²) in [6, 6.07) is 0. The molecule has 4 heteroatoms.